The zero-order valence-electron chi connectivity index (χ0n) is 20.1. The molecule has 0 spiro atoms. The van der Waals surface area contributed by atoms with Crippen LogP contribution < -0.4 is 16.4 Å². The first-order valence-corrected chi connectivity index (χ1v) is 12.8. The average molecular weight is 450 g/mol. The molecule has 0 aromatic carbocycles. The van der Waals surface area contributed by atoms with Crippen molar-refractivity contribution in [3.8, 4) is 0 Å². The van der Waals surface area contributed by atoms with Gasteiger partial charge in [0.1, 0.15) is 0 Å². The second-order valence-corrected chi connectivity index (χ2v) is 10.6. The molecule has 1 aliphatic carbocycles. The number of amides is 2. The van der Waals surface area contributed by atoms with Gasteiger partial charge in [-0.05, 0) is 77.6 Å². The summed E-state index contributed by atoms with van der Waals surface area (Å²) >= 11 is 0. The minimum atomic E-state index is -0.385. The second kappa shape index (κ2) is 10.4. The molecule has 0 radical (unpaired) electrons. The van der Waals surface area contributed by atoms with Gasteiger partial charge in [0.15, 0.2) is 0 Å². The van der Waals surface area contributed by atoms with Crippen LogP contribution in [0.3, 0.4) is 0 Å². The van der Waals surface area contributed by atoms with E-state index >= 15 is 0 Å². The number of ether oxygens (including phenoxy) is 1. The molecule has 5 atom stereocenters. The van der Waals surface area contributed by atoms with Crippen LogP contribution in [0.2, 0.25) is 0 Å². The van der Waals surface area contributed by atoms with Gasteiger partial charge < -0.3 is 20.7 Å². The molecule has 8 nitrogen and oxygen atoms in total. The van der Waals surface area contributed by atoms with Crippen molar-refractivity contribution in [1.82, 2.24) is 20.4 Å². The second-order valence-electron chi connectivity index (χ2n) is 10.6. The first-order valence-electron chi connectivity index (χ1n) is 12.8. The minimum Gasteiger partial charge on any atom is -0.381 e. The van der Waals surface area contributed by atoms with E-state index in [1.165, 1.54) is 12.8 Å². The number of hydrogen-bond acceptors (Lipinski definition) is 6. The summed E-state index contributed by atoms with van der Waals surface area (Å²) in [6.45, 7) is 5.70. The number of nitrogens with zero attached hydrogens (tertiary/aromatic N) is 2. The summed E-state index contributed by atoms with van der Waals surface area (Å²) in [7, 11) is 1.79. The smallest absolute Gasteiger partial charge is 0.229 e. The summed E-state index contributed by atoms with van der Waals surface area (Å²) in [4.78, 5) is 30.8. The van der Waals surface area contributed by atoms with E-state index < -0.39 is 0 Å². The van der Waals surface area contributed by atoms with Crippen LogP contribution in [0.5, 0.6) is 0 Å². The molecule has 4 fully saturated rings. The predicted molar refractivity (Wildman–Crippen MR) is 123 cm³/mol. The molecule has 5 unspecified atom stereocenters. The molecule has 3 heterocycles. The normalized spacial score (nSPS) is 38.3. The van der Waals surface area contributed by atoms with Gasteiger partial charge in [-0.3, -0.25) is 19.8 Å². The highest BCUT2D eigenvalue weighted by Crippen LogP contribution is 2.37. The van der Waals surface area contributed by atoms with Gasteiger partial charge >= 0.3 is 0 Å². The van der Waals surface area contributed by atoms with E-state index in [0.717, 1.165) is 45.1 Å². The third-order valence-corrected chi connectivity index (χ3v) is 8.34. The SMILES string of the molecule is COC1CCC(CCNC(=O)C2CC3C(=O)N4CCCCC4NC3N(C(C)C)C2N)CC1. The van der Waals surface area contributed by atoms with E-state index in [9.17, 15) is 9.59 Å². The maximum Gasteiger partial charge on any atom is 0.229 e. The van der Waals surface area contributed by atoms with Gasteiger partial charge in [0.05, 0.1) is 36.4 Å². The predicted octanol–water partition coefficient (Wildman–Crippen LogP) is 1.60. The molecule has 1 saturated carbocycles. The number of methoxy groups -OCH3 is 1. The Labute approximate surface area is 193 Å². The topological polar surface area (TPSA) is 99.9 Å². The summed E-state index contributed by atoms with van der Waals surface area (Å²) < 4.78 is 5.46. The van der Waals surface area contributed by atoms with Gasteiger partial charge in [0.2, 0.25) is 11.8 Å². The van der Waals surface area contributed by atoms with Crippen molar-refractivity contribution in [1.29, 1.82) is 0 Å². The van der Waals surface area contributed by atoms with E-state index in [1.54, 1.807) is 7.11 Å². The molecule has 2 amide bonds. The summed E-state index contributed by atoms with van der Waals surface area (Å²) in [5.74, 6) is 0.268. The van der Waals surface area contributed by atoms with E-state index in [-0.39, 0.29) is 48.2 Å². The molecule has 0 aromatic heterocycles. The Kier molecular flexibility index (Phi) is 7.75. The average Bonchev–Trinajstić information content (AvgIpc) is 2.79. The Hall–Kier alpha value is -1.22. The zero-order valence-corrected chi connectivity index (χ0v) is 20.1. The number of nitrogens with two attached hydrogens (primary N) is 1. The van der Waals surface area contributed by atoms with E-state index in [2.05, 4.69) is 29.4 Å². The lowest BCUT2D eigenvalue weighted by Gasteiger charge is -2.56. The van der Waals surface area contributed by atoms with Crippen LogP contribution in [0.25, 0.3) is 0 Å². The lowest BCUT2D eigenvalue weighted by atomic mass is 9.79. The number of fused-ring (bicyclic) bond motifs is 2. The van der Waals surface area contributed by atoms with Crippen LogP contribution in [-0.4, -0.2) is 72.5 Å². The number of carbonyl (C=O) groups is 2. The van der Waals surface area contributed by atoms with E-state index in [1.807, 2.05) is 4.90 Å². The van der Waals surface area contributed by atoms with Crippen molar-refractivity contribution in [3.05, 3.63) is 0 Å². The summed E-state index contributed by atoms with van der Waals surface area (Å²) in [6, 6.07) is 0.152. The Morgan fingerprint density at radius 1 is 1.22 bits per heavy atom. The summed E-state index contributed by atoms with van der Waals surface area (Å²) in [5, 5.41) is 6.87. The first-order chi connectivity index (χ1) is 15.4. The molecule has 4 rings (SSSR count). The van der Waals surface area contributed by atoms with Crippen molar-refractivity contribution in [2.75, 3.05) is 20.2 Å². The lowest BCUT2D eigenvalue weighted by molar-refractivity contribution is -0.164. The zero-order chi connectivity index (χ0) is 22.8. The lowest BCUT2D eigenvalue weighted by Crippen LogP contribution is -2.75. The molecule has 0 bridgehead atoms. The van der Waals surface area contributed by atoms with Gasteiger partial charge in [0, 0.05) is 26.2 Å². The van der Waals surface area contributed by atoms with E-state index in [0.29, 0.717) is 25.0 Å². The molecule has 32 heavy (non-hydrogen) atoms. The fourth-order valence-electron chi connectivity index (χ4n) is 6.47. The molecule has 0 aromatic rings. The van der Waals surface area contributed by atoms with Crippen molar-refractivity contribution in [3.63, 3.8) is 0 Å². The van der Waals surface area contributed by atoms with Crippen molar-refractivity contribution < 1.29 is 14.3 Å². The van der Waals surface area contributed by atoms with E-state index in [4.69, 9.17) is 10.5 Å². The Bertz CT molecular complexity index is 666. The third kappa shape index (κ3) is 4.83. The highest BCUT2D eigenvalue weighted by Gasteiger charge is 2.52. The van der Waals surface area contributed by atoms with Gasteiger partial charge in [-0.15, -0.1) is 0 Å². The molecular weight excluding hydrogens is 406 g/mol. The molecule has 4 aliphatic rings. The maximum absolute atomic E-state index is 13.4. The molecule has 3 saturated heterocycles. The van der Waals surface area contributed by atoms with Crippen molar-refractivity contribution in [2.24, 2.45) is 23.5 Å². The Morgan fingerprint density at radius 2 is 1.97 bits per heavy atom. The summed E-state index contributed by atoms with van der Waals surface area (Å²) in [6.07, 6.45) is 9.31. The Morgan fingerprint density at radius 3 is 2.66 bits per heavy atom. The number of carbonyl (C=O) groups excluding carboxylic acids is 2. The van der Waals surface area contributed by atoms with Crippen molar-refractivity contribution in [2.45, 2.75) is 102 Å². The Balaban J connectivity index is 1.37. The summed E-state index contributed by atoms with van der Waals surface area (Å²) in [5.41, 5.74) is 6.68. The van der Waals surface area contributed by atoms with Crippen LogP contribution in [0.1, 0.15) is 71.6 Å². The van der Waals surface area contributed by atoms with Crippen LogP contribution in [0.15, 0.2) is 0 Å². The van der Waals surface area contributed by atoms with Gasteiger partial charge in [0.25, 0.3) is 0 Å². The standard InChI is InChI=1S/C24H43N5O3/c1-15(2)29-21(25)18(23(30)26-12-11-16-7-9-17(32-3)10-8-16)14-19-22(29)27-20-6-4-5-13-28(20)24(19)31/h15-22,27H,4-14,25H2,1-3H3,(H,26,30). The highest BCUT2D eigenvalue weighted by molar-refractivity contribution is 5.84. The molecule has 4 N–H and O–H groups in total. The monoisotopic (exact) mass is 449 g/mol. The minimum absolute atomic E-state index is 0.000690. The number of likely N-dealkylation sites (tertiary alicyclic amines) is 1. The number of rotatable bonds is 6. The first kappa shape index (κ1) is 23.9. The number of nitrogens with one attached hydrogen (secondary N) is 2. The fraction of sp³-hybridized carbons (Fsp3) is 0.917. The third-order valence-electron chi connectivity index (χ3n) is 8.34. The van der Waals surface area contributed by atoms with Gasteiger partial charge in [-0.1, -0.05) is 0 Å². The molecular formula is C24H43N5O3. The van der Waals surface area contributed by atoms with Crippen molar-refractivity contribution >= 4 is 11.8 Å². The quantitative estimate of drug-likeness (QED) is 0.570. The number of hydrogen-bond donors (Lipinski definition) is 3. The largest absolute Gasteiger partial charge is 0.381 e. The number of piperidine rings is 2. The maximum atomic E-state index is 13.4. The van der Waals surface area contributed by atoms with Gasteiger partial charge in [-0.2, -0.15) is 0 Å². The van der Waals surface area contributed by atoms with Crippen LogP contribution in [0.4, 0.5) is 0 Å². The fourth-order valence-corrected chi connectivity index (χ4v) is 6.47. The molecule has 182 valence electrons. The van der Waals surface area contributed by atoms with Crippen LogP contribution >= 0.6 is 0 Å². The highest BCUT2D eigenvalue weighted by atomic mass is 16.5. The molecule has 8 heteroatoms. The van der Waals surface area contributed by atoms with Gasteiger partial charge in [-0.25, -0.2) is 0 Å². The molecule has 3 aliphatic heterocycles. The van der Waals surface area contributed by atoms with Crippen LogP contribution in [0, 0.1) is 17.8 Å². The van der Waals surface area contributed by atoms with Crippen LogP contribution in [-0.2, 0) is 14.3 Å².